The van der Waals surface area contributed by atoms with Gasteiger partial charge in [-0.2, -0.15) is 0 Å². The number of methoxy groups -OCH3 is 1. The summed E-state index contributed by atoms with van der Waals surface area (Å²) in [6.45, 7) is 0.634. The van der Waals surface area contributed by atoms with E-state index in [9.17, 15) is 4.79 Å². The molecule has 0 aliphatic rings. The number of rotatable bonds is 8. The highest BCUT2D eigenvalue weighted by Gasteiger charge is 2.14. The lowest BCUT2D eigenvalue weighted by atomic mass is 10.2. The Morgan fingerprint density at radius 3 is 2.57 bits per heavy atom. The number of carbonyl (C=O) groups is 1. The first kappa shape index (κ1) is 20.0. The van der Waals surface area contributed by atoms with Crippen LogP contribution in [-0.4, -0.2) is 22.6 Å². The molecule has 0 unspecified atom stereocenters. The van der Waals surface area contributed by atoms with Crippen molar-refractivity contribution < 1.29 is 9.53 Å². The number of para-hydroxylation sites is 3. The van der Waals surface area contributed by atoms with Crippen molar-refractivity contribution in [2.45, 2.75) is 24.0 Å². The Bertz CT molecular complexity index is 1140. The van der Waals surface area contributed by atoms with Gasteiger partial charge in [-0.05, 0) is 23.8 Å². The van der Waals surface area contributed by atoms with Crippen molar-refractivity contribution in [3.8, 4) is 5.75 Å². The van der Waals surface area contributed by atoms with Gasteiger partial charge in [0.2, 0.25) is 5.91 Å². The summed E-state index contributed by atoms with van der Waals surface area (Å²) >= 11 is 1.64. The van der Waals surface area contributed by atoms with Crippen molar-refractivity contribution >= 4 is 28.7 Å². The van der Waals surface area contributed by atoms with E-state index in [1.54, 1.807) is 18.9 Å². The lowest BCUT2D eigenvalue weighted by Gasteiger charge is -2.12. The Balaban J connectivity index is 1.50. The molecular weight excluding hydrogens is 394 g/mol. The van der Waals surface area contributed by atoms with Crippen LogP contribution in [0.2, 0.25) is 0 Å². The first-order valence-corrected chi connectivity index (χ1v) is 10.7. The zero-order valence-electron chi connectivity index (χ0n) is 16.7. The Kier molecular flexibility index (Phi) is 6.35. The molecule has 5 nitrogen and oxygen atoms in total. The molecule has 1 N–H and O–H groups in total. The molecule has 0 radical (unpaired) electrons. The van der Waals surface area contributed by atoms with Gasteiger partial charge in [0.1, 0.15) is 12.3 Å². The second-order valence-corrected chi connectivity index (χ2v) is 7.77. The molecule has 4 aromatic rings. The summed E-state index contributed by atoms with van der Waals surface area (Å²) in [6, 6.07) is 25.9. The van der Waals surface area contributed by atoms with Crippen LogP contribution in [0, 0.1) is 0 Å². The number of benzene rings is 3. The molecule has 0 saturated heterocycles. The standard InChI is InChI=1S/C24H23N3O2S/c1-29-22-14-8-5-11-19(22)15-25-23(28)16-27-21-13-7-6-12-20(21)26-24(27)30-17-18-9-3-2-4-10-18/h2-14H,15-17H2,1H3,(H,25,28). The summed E-state index contributed by atoms with van der Waals surface area (Å²) in [4.78, 5) is 17.5. The van der Waals surface area contributed by atoms with Crippen molar-refractivity contribution in [2.75, 3.05) is 7.11 Å². The number of fused-ring (bicyclic) bond motifs is 1. The van der Waals surface area contributed by atoms with Crippen LogP contribution in [0.25, 0.3) is 11.0 Å². The summed E-state index contributed by atoms with van der Waals surface area (Å²) in [5, 5.41) is 3.84. The molecule has 0 saturated carbocycles. The van der Waals surface area contributed by atoms with Gasteiger partial charge in [0.15, 0.2) is 5.16 Å². The minimum Gasteiger partial charge on any atom is -0.496 e. The third-order valence-electron chi connectivity index (χ3n) is 4.80. The maximum atomic E-state index is 12.7. The van der Waals surface area contributed by atoms with Crippen molar-refractivity contribution in [1.82, 2.24) is 14.9 Å². The van der Waals surface area contributed by atoms with Crippen LogP contribution in [0.5, 0.6) is 5.75 Å². The molecule has 0 aliphatic heterocycles. The third-order valence-corrected chi connectivity index (χ3v) is 5.85. The maximum Gasteiger partial charge on any atom is 0.240 e. The first-order valence-electron chi connectivity index (χ1n) is 9.75. The van der Waals surface area contributed by atoms with Gasteiger partial charge in [-0.25, -0.2) is 4.98 Å². The molecule has 1 amide bonds. The highest BCUT2D eigenvalue weighted by Crippen LogP contribution is 2.27. The summed E-state index contributed by atoms with van der Waals surface area (Å²) in [7, 11) is 1.63. The number of hydrogen-bond donors (Lipinski definition) is 1. The van der Waals surface area contributed by atoms with Gasteiger partial charge in [0.25, 0.3) is 0 Å². The quantitative estimate of drug-likeness (QED) is 0.424. The Morgan fingerprint density at radius 1 is 1.00 bits per heavy atom. The van der Waals surface area contributed by atoms with E-state index >= 15 is 0 Å². The average molecular weight is 418 g/mol. The van der Waals surface area contributed by atoms with E-state index in [1.807, 2.05) is 71.3 Å². The van der Waals surface area contributed by atoms with Crippen LogP contribution in [0.1, 0.15) is 11.1 Å². The predicted octanol–water partition coefficient (Wildman–Crippen LogP) is 4.65. The number of nitrogens with one attached hydrogen (secondary N) is 1. The smallest absolute Gasteiger partial charge is 0.240 e. The second-order valence-electron chi connectivity index (χ2n) is 6.83. The zero-order chi connectivity index (χ0) is 20.8. The zero-order valence-corrected chi connectivity index (χ0v) is 17.6. The van der Waals surface area contributed by atoms with E-state index in [2.05, 4.69) is 17.4 Å². The van der Waals surface area contributed by atoms with Crippen LogP contribution in [0.3, 0.4) is 0 Å². The molecule has 1 heterocycles. The number of amides is 1. The third kappa shape index (κ3) is 4.66. The first-order chi connectivity index (χ1) is 14.7. The molecule has 0 atom stereocenters. The van der Waals surface area contributed by atoms with Gasteiger partial charge in [0.05, 0.1) is 18.1 Å². The van der Waals surface area contributed by atoms with Crippen molar-refractivity contribution in [2.24, 2.45) is 0 Å². The molecule has 3 aromatic carbocycles. The molecule has 30 heavy (non-hydrogen) atoms. The summed E-state index contributed by atoms with van der Waals surface area (Å²) in [6.07, 6.45) is 0. The molecule has 1 aromatic heterocycles. The summed E-state index contributed by atoms with van der Waals surface area (Å²) in [5.74, 6) is 1.50. The van der Waals surface area contributed by atoms with Gasteiger partial charge >= 0.3 is 0 Å². The van der Waals surface area contributed by atoms with Crippen LogP contribution >= 0.6 is 11.8 Å². The van der Waals surface area contributed by atoms with E-state index in [1.165, 1.54) is 5.56 Å². The lowest BCUT2D eigenvalue weighted by molar-refractivity contribution is -0.121. The topological polar surface area (TPSA) is 56.1 Å². The molecule has 0 fully saturated rings. The number of nitrogens with zero attached hydrogens (tertiary/aromatic N) is 2. The molecule has 152 valence electrons. The van der Waals surface area contributed by atoms with Crippen molar-refractivity contribution in [3.05, 3.63) is 90.0 Å². The SMILES string of the molecule is COc1ccccc1CNC(=O)Cn1c(SCc2ccccc2)nc2ccccc21. The Hall–Kier alpha value is -3.25. The maximum absolute atomic E-state index is 12.7. The normalized spacial score (nSPS) is 10.8. The summed E-state index contributed by atoms with van der Waals surface area (Å²) < 4.78 is 7.35. The number of thioether (sulfide) groups is 1. The second kappa shape index (κ2) is 9.50. The van der Waals surface area contributed by atoms with E-state index in [-0.39, 0.29) is 12.5 Å². The minimum absolute atomic E-state index is 0.0642. The molecule has 6 heteroatoms. The van der Waals surface area contributed by atoms with Gasteiger partial charge in [-0.15, -0.1) is 0 Å². The van der Waals surface area contributed by atoms with Gasteiger partial charge in [-0.1, -0.05) is 72.4 Å². The Morgan fingerprint density at radius 2 is 1.73 bits per heavy atom. The number of ether oxygens (including phenoxy) is 1. The van der Waals surface area contributed by atoms with Gasteiger partial charge in [0, 0.05) is 17.9 Å². The van der Waals surface area contributed by atoms with Gasteiger partial charge < -0.3 is 14.6 Å². The minimum atomic E-state index is -0.0642. The van der Waals surface area contributed by atoms with Gasteiger partial charge in [-0.3, -0.25) is 4.79 Å². The van der Waals surface area contributed by atoms with Crippen LogP contribution < -0.4 is 10.1 Å². The number of hydrogen-bond acceptors (Lipinski definition) is 4. The molecule has 0 bridgehead atoms. The number of carbonyl (C=O) groups excluding carboxylic acids is 1. The highest BCUT2D eigenvalue weighted by molar-refractivity contribution is 7.98. The fourth-order valence-corrected chi connectivity index (χ4v) is 4.25. The molecule has 0 spiro atoms. The van der Waals surface area contributed by atoms with Crippen molar-refractivity contribution in [1.29, 1.82) is 0 Å². The van der Waals surface area contributed by atoms with E-state index in [0.29, 0.717) is 6.54 Å². The van der Waals surface area contributed by atoms with Crippen LogP contribution in [-0.2, 0) is 23.6 Å². The van der Waals surface area contributed by atoms with Crippen LogP contribution in [0.4, 0.5) is 0 Å². The molecule has 4 rings (SSSR count). The van der Waals surface area contributed by atoms with E-state index < -0.39 is 0 Å². The highest BCUT2D eigenvalue weighted by atomic mass is 32.2. The van der Waals surface area contributed by atoms with E-state index in [0.717, 1.165) is 33.3 Å². The van der Waals surface area contributed by atoms with E-state index in [4.69, 9.17) is 9.72 Å². The molecular formula is C24H23N3O2S. The molecule has 0 aliphatic carbocycles. The fourth-order valence-electron chi connectivity index (χ4n) is 3.28. The lowest BCUT2D eigenvalue weighted by Crippen LogP contribution is -2.27. The average Bonchev–Trinajstić information content (AvgIpc) is 3.14. The van der Waals surface area contributed by atoms with Crippen molar-refractivity contribution in [3.63, 3.8) is 0 Å². The summed E-state index contributed by atoms with van der Waals surface area (Å²) in [5.41, 5.74) is 4.02. The number of aromatic nitrogens is 2. The predicted molar refractivity (Wildman–Crippen MR) is 121 cm³/mol. The van der Waals surface area contributed by atoms with Crippen LogP contribution in [0.15, 0.2) is 84.0 Å². The monoisotopic (exact) mass is 417 g/mol. The largest absolute Gasteiger partial charge is 0.496 e. The fraction of sp³-hybridized carbons (Fsp3) is 0.167. The number of imidazole rings is 1. The Labute approximate surface area is 180 Å².